The Bertz CT molecular complexity index is 797. The average molecular weight is 345 g/mol. The number of para-hydroxylation sites is 1. The molecule has 0 bridgehead atoms. The molecule has 0 amide bonds. The number of nitrogens with zero attached hydrogens (tertiary/aromatic N) is 4. The van der Waals surface area contributed by atoms with E-state index in [2.05, 4.69) is 26.9 Å². The minimum Gasteiger partial charge on any atom is -0.345 e. The lowest BCUT2D eigenvalue weighted by atomic mass is 10.3. The third-order valence-electron chi connectivity index (χ3n) is 4.11. The smallest absolute Gasteiger partial charge is 0.186 e. The zero-order chi connectivity index (χ0) is 15.6. The Balaban J connectivity index is 1.43. The van der Waals surface area contributed by atoms with Crippen LogP contribution in [-0.4, -0.2) is 41.0 Å². The summed E-state index contributed by atoms with van der Waals surface area (Å²) in [6, 6.07) is 12.1. The van der Waals surface area contributed by atoms with Crippen LogP contribution in [-0.2, 0) is 6.54 Å². The second-order valence-corrected chi connectivity index (χ2v) is 7.08. The number of rotatable bonds is 3. The third-order valence-corrected chi connectivity index (χ3v) is 5.50. The lowest BCUT2D eigenvalue weighted by Gasteiger charge is -2.34. The molecule has 1 aliphatic rings. The number of hydrogen-bond acceptors (Lipinski definition) is 5. The largest absolute Gasteiger partial charge is 0.345 e. The van der Waals surface area contributed by atoms with Gasteiger partial charge in [0, 0.05) is 38.9 Å². The van der Waals surface area contributed by atoms with Gasteiger partial charge in [0.1, 0.15) is 5.52 Å². The van der Waals surface area contributed by atoms with E-state index in [9.17, 15) is 0 Å². The van der Waals surface area contributed by atoms with E-state index < -0.39 is 0 Å². The Morgan fingerprint density at radius 1 is 1.04 bits per heavy atom. The van der Waals surface area contributed by atoms with Crippen molar-refractivity contribution >= 4 is 38.3 Å². The fourth-order valence-corrected chi connectivity index (χ4v) is 4.17. The van der Waals surface area contributed by atoms with Crippen LogP contribution in [0.5, 0.6) is 0 Å². The minimum atomic E-state index is 0.735. The normalized spacial score (nSPS) is 16.1. The van der Waals surface area contributed by atoms with Crippen molar-refractivity contribution in [2.24, 2.45) is 0 Å². The van der Waals surface area contributed by atoms with Crippen molar-refractivity contribution in [3.63, 3.8) is 0 Å². The van der Waals surface area contributed by atoms with E-state index >= 15 is 0 Å². The quantitative estimate of drug-likeness (QED) is 0.725. The molecule has 23 heavy (non-hydrogen) atoms. The second-order valence-electron chi connectivity index (χ2n) is 5.67. The highest BCUT2D eigenvalue weighted by Gasteiger charge is 2.20. The Morgan fingerprint density at radius 3 is 2.65 bits per heavy atom. The van der Waals surface area contributed by atoms with Crippen LogP contribution in [0.25, 0.3) is 10.2 Å². The number of aromatic nitrogens is 2. The van der Waals surface area contributed by atoms with Gasteiger partial charge in [0.25, 0.3) is 0 Å². The maximum absolute atomic E-state index is 6.23. The standard InChI is InChI=1S/C17H17ClN4S/c18-14-5-3-6-15-16(14)20-17(23-15)22-10-8-21(9-11-22)12-13-4-1-2-7-19-13/h1-7H,8-12H2. The SMILES string of the molecule is Clc1cccc2sc(N3CCN(Cc4ccccn4)CC3)nc12. The maximum atomic E-state index is 6.23. The maximum Gasteiger partial charge on any atom is 0.186 e. The highest BCUT2D eigenvalue weighted by Crippen LogP contribution is 2.33. The molecule has 1 saturated heterocycles. The lowest BCUT2D eigenvalue weighted by Crippen LogP contribution is -2.46. The molecule has 0 unspecified atom stereocenters. The van der Waals surface area contributed by atoms with Gasteiger partial charge in [-0.3, -0.25) is 9.88 Å². The molecule has 1 fully saturated rings. The molecule has 6 heteroatoms. The minimum absolute atomic E-state index is 0.735. The molecule has 3 heterocycles. The molecule has 0 N–H and O–H groups in total. The van der Waals surface area contributed by atoms with Crippen LogP contribution in [0.15, 0.2) is 42.6 Å². The number of benzene rings is 1. The molecule has 0 atom stereocenters. The third kappa shape index (κ3) is 3.17. The van der Waals surface area contributed by atoms with Crippen molar-refractivity contribution in [1.29, 1.82) is 0 Å². The van der Waals surface area contributed by atoms with Gasteiger partial charge >= 0.3 is 0 Å². The van der Waals surface area contributed by atoms with Gasteiger partial charge < -0.3 is 4.90 Å². The van der Waals surface area contributed by atoms with Gasteiger partial charge in [0.2, 0.25) is 0 Å². The summed E-state index contributed by atoms with van der Waals surface area (Å²) < 4.78 is 1.16. The van der Waals surface area contributed by atoms with E-state index in [0.717, 1.165) is 58.8 Å². The number of thiazole rings is 1. The molecule has 2 aromatic heterocycles. The van der Waals surface area contributed by atoms with Gasteiger partial charge in [-0.05, 0) is 24.3 Å². The Kier molecular flexibility index (Phi) is 4.16. The van der Waals surface area contributed by atoms with Crippen LogP contribution in [0.4, 0.5) is 5.13 Å². The number of piperazine rings is 1. The molecule has 0 spiro atoms. The first kappa shape index (κ1) is 14.9. The van der Waals surface area contributed by atoms with Crippen LogP contribution in [0.1, 0.15) is 5.69 Å². The molecular weight excluding hydrogens is 328 g/mol. The number of anilines is 1. The van der Waals surface area contributed by atoms with Gasteiger partial charge in [0.15, 0.2) is 5.13 Å². The first-order valence-electron chi connectivity index (χ1n) is 7.72. The first-order valence-corrected chi connectivity index (χ1v) is 8.91. The predicted octanol–water partition coefficient (Wildman–Crippen LogP) is 3.67. The van der Waals surface area contributed by atoms with Gasteiger partial charge in [-0.1, -0.05) is 35.1 Å². The molecule has 1 aromatic carbocycles. The fraction of sp³-hybridized carbons (Fsp3) is 0.294. The Morgan fingerprint density at radius 2 is 1.91 bits per heavy atom. The van der Waals surface area contributed by atoms with Gasteiger partial charge in [-0.2, -0.15) is 0 Å². The summed E-state index contributed by atoms with van der Waals surface area (Å²) in [5, 5.41) is 1.81. The summed E-state index contributed by atoms with van der Waals surface area (Å²) in [4.78, 5) is 13.9. The fourth-order valence-electron chi connectivity index (χ4n) is 2.86. The van der Waals surface area contributed by atoms with Crippen molar-refractivity contribution in [2.45, 2.75) is 6.54 Å². The summed E-state index contributed by atoms with van der Waals surface area (Å²) in [5.41, 5.74) is 2.05. The van der Waals surface area contributed by atoms with Crippen molar-refractivity contribution in [3.8, 4) is 0 Å². The van der Waals surface area contributed by atoms with E-state index in [1.54, 1.807) is 11.3 Å². The van der Waals surface area contributed by atoms with E-state index in [0.29, 0.717) is 0 Å². The average Bonchev–Trinajstić information content (AvgIpc) is 3.02. The summed E-state index contributed by atoms with van der Waals surface area (Å²) >= 11 is 7.96. The van der Waals surface area contributed by atoms with E-state index in [4.69, 9.17) is 16.6 Å². The number of hydrogen-bond donors (Lipinski definition) is 0. The van der Waals surface area contributed by atoms with Crippen LogP contribution >= 0.6 is 22.9 Å². The highest BCUT2D eigenvalue weighted by molar-refractivity contribution is 7.22. The zero-order valence-corrected chi connectivity index (χ0v) is 14.2. The highest BCUT2D eigenvalue weighted by atomic mass is 35.5. The molecule has 1 aliphatic heterocycles. The van der Waals surface area contributed by atoms with E-state index in [1.165, 1.54) is 0 Å². The number of fused-ring (bicyclic) bond motifs is 1. The van der Waals surface area contributed by atoms with E-state index in [1.807, 2.05) is 30.5 Å². The Hall–Kier alpha value is -1.69. The molecule has 0 saturated carbocycles. The molecule has 4 nitrogen and oxygen atoms in total. The van der Waals surface area contributed by atoms with Gasteiger partial charge in [-0.15, -0.1) is 0 Å². The van der Waals surface area contributed by atoms with Crippen LogP contribution < -0.4 is 4.90 Å². The summed E-state index contributed by atoms with van der Waals surface area (Å²) in [6.45, 7) is 4.95. The zero-order valence-electron chi connectivity index (χ0n) is 12.7. The van der Waals surface area contributed by atoms with Crippen LogP contribution in [0.2, 0.25) is 5.02 Å². The van der Waals surface area contributed by atoms with Crippen molar-refractivity contribution in [2.75, 3.05) is 31.1 Å². The predicted molar refractivity (Wildman–Crippen MR) is 96.4 cm³/mol. The summed E-state index contributed by atoms with van der Waals surface area (Å²) in [6.07, 6.45) is 1.86. The van der Waals surface area contributed by atoms with E-state index in [-0.39, 0.29) is 0 Å². The Labute approximate surface area is 144 Å². The molecular formula is C17H17ClN4S. The van der Waals surface area contributed by atoms with Gasteiger partial charge in [0.05, 0.1) is 15.4 Å². The van der Waals surface area contributed by atoms with Crippen molar-refractivity contribution in [3.05, 3.63) is 53.3 Å². The second kappa shape index (κ2) is 6.43. The topological polar surface area (TPSA) is 32.3 Å². The monoisotopic (exact) mass is 344 g/mol. The van der Waals surface area contributed by atoms with Gasteiger partial charge in [-0.25, -0.2) is 4.98 Å². The van der Waals surface area contributed by atoms with Crippen molar-refractivity contribution < 1.29 is 0 Å². The van der Waals surface area contributed by atoms with Crippen LogP contribution in [0.3, 0.4) is 0 Å². The molecule has 0 aliphatic carbocycles. The summed E-state index contributed by atoms with van der Waals surface area (Å²) in [7, 11) is 0. The number of pyridine rings is 1. The molecule has 0 radical (unpaired) electrons. The van der Waals surface area contributed by atoms with Crippen LogP contribution in [0, 0.1) is 0 Å². The number of halogens is 1. The molecule has 3 aromatic rings. The molecule has 4 rings (SSSR count). The summed E-state index contributed by atoms with van der Waals surface area (Å²) in [5.74, 6) is 0. The first-order chi connectivity index (χ1) is 11.3. The molecule has 118 valence electrons. The lowest BCUT2D eigenvalue weighted by molar-refractivity contribution is 0.247. The van der Waals surface area contributed by atoms with Crippen molar-refractivity contribution in [1.82, 2.24) is 14.9 Å².